The first kappa shape index (κ1) is 35.9. The van der Waals surface area contributed by atoms with Gasteiger partial charge >= 0.3 is 5.69 Å². The van der Waals surface area contributed by atoms with Crippen molar-refractivity contribution in [2.45, 2.75) is 23.8 Å². The van der Waals surface area contributed by atoms with Gasteiger partial charge in [-0.3, -0.25) is 19.7 Å². The molecule has 2 amide bonds. The summed E-state index contributed by atoms with van der Waals surface area (Å²) in [4.78, 5) is 50.5. The van der Waals surface area contributed by atoms with Crippen molar-refractivity contribution >= 4 is 17.5 Å². The molecule has 0 aliphatic carbocycles. The average Bonchev–Trinajstić information content (AvgIpc) is 3.70. The molecule has 1 aromatic heterocycles. The van der Waals surface area contributed by atoms with Gasteiger partial charge in [-0.15, -0.1) is 0 Å². The minimum Gasteiger partial charge on any atom is -0.504 e. The van der Waals surface area contributed by atoms with Crippen molar-refractivity contribution in [3.05, 3.63) is 184 Å². The molecule has 0 aliphatic heterocycles. The quantitative estimate of drug-likeness (QED) is 0.0426. The Bertz CT molecular complexity index is 2120. The predicted molar refractivity (Wildman–Crippen MR) is 198 cm³/mol. The van der Waals surface area contributed by atoms with E-state index in [-0.39, 0.29) is 36.4 Å². The second-order valence-electron chi connectivity index (χ2n) is 12.6. The summed E-state index contributed by atoms with van der Waals surface area (Å²) in [5, 5.41) is 45.2. The van der Waals surface area contributed by atoms with Gasteiger partial charge in [0.05, 0.1) is 16.7 Å². The Labute approximate surface area is 305 Å². The molecule has 0 bridgehead atoms. The Morgan fingerprint density at radius 1 is 0.792 bits per heavy atom. The summed E-state index contributed by atoms with van der Waals surface area (Å²) in [6, 6.07) is 35.9. The summed E-state index contributed by atoms with van der Waals surface area (Å²) < 4.78 is 0. The third-order valence-corrected chi connectivity index (χ3v) is 9.65. The molecule has 12 nitrogen and oxygen atoms in total. The minimum absolute atomic E-state index is 0.0644. The van der Waals surface area contributed by atoms with E-state index in [1.165, 1.54) is 36.5 Å². The molecule has 268 valence electrons. The molecule has 5 N–H and O–H groups in total. The molecule has 0 radical (unpaired) electrons. The number of aromatic amines is 1. The summed E-state index contributed by atoms with van der Waals surface area (Å²) >= 11 is 0. The Morgan fingerprint density at radius 2 is 1.36 bits per heavy atom. The van der Waals surface area contributed by atoms with E-state index in [2.05, 4.69) is 15.3 Å². The summed E-state index contributed by atoms with van der Waals surface area (Å²) in [7, 11) is 1.50. The van der Waals surface area contributed by atoms with E-state index in [9.17, 15) is 30.2 Å². The number of nitro benzene ring substituents is 1. The van der Waals surface area contributed by atoms with Crippen LogP contribution in [0.25, 0.3) is 0 Å². The second kappa shape index (κ2) is 15.1. The molecule has 1 atom stereocenters. The lowest BCUT2D eigenvalue weighted by atomic mass is 9.55. The number of hydrogen-bond acceptors (Lipinski definition) is 8. The molecule has 0 aliphatic rings. The number of likely N-dealkylation sites (N-methyl/N-ethyl adjacent to an activating group) is 1. The first-order chi connectivity index (χ1) is 25.6. The number of aromatic hydroxyl groups is 3. The van der Waals surface area contributed by atoms with Gasteiger partial charge in [0, 0.05) is 43.5 Å². The van der Waals surface area contributed by atoms with Crippen molar-refractivity contribution in [2.75, 3.05) is 13.6 Å². The van der Waals surface area contributed by atoms with Gasteiger partial charge in [0.15, 0.2) is 17.2 Å². The zero-order valence-corrected chi connectivity index (χ0v) is 28.7. The zero-order chi connectivity index (χ0) is 37.6. The molecule has 0 saturated carbocycles. The first-order valence-corrected chi connectivity index (χ1v) is 16.8. The van der Waals surface area contributed by atoms with Crippen LogP contribution in [0.15, 0.2) is 140 Å². The van der Waals surface area contributed by atoms with Crippen molar-refractivity contribution in [1.82, 2.24) is 20.2 Å². The van der Waals surface area contributed by atoms with E-state index in [0.717, 1.165) is 12.1 Å². The molecular formula is C41H37N5O7. The number of nitrogens with zero attached hydrogens (tertiary/aromatic N) is 3. The van der Waals surface area contributed by atoms with Gasteiger partial charge < -0.3 is 30.5 Å². The maximum atomic E-state index is 15.7. The van der Waals surface area contributed by atoms with Gasteiger partial charge in [-0.1, -0.05) is 97.1 Å². The Hall–Kier alpha value is -6.95. The summed E-state index contributed by atoms with van der Waals surface area (Å²) in [5.74, 6) is -2.46. The number of aromatic nitrogens is 2. The fraction of sp³-hybridized carbons (Fsp3) is 0.146. The highest BCUT2D eigenvalue weighted by Gasteiger charge is 2.63. The lowest BCUT2D eigenvalue weighted by Crippen LogP contribution is -2.72. The fourth-order valence-corrected chi connectivity index (χ4v) is 7.20. The molecule has 5 aromatic carbocycles. The zero-order valence-electron chi connectivity index (χ0n) is 28.7. The Kier molecular flexibility index (Phi) is 10.2. The van der Waals surface area contributed by atoms with E-state index < -0.39 is 39.1 Å². The Morgan fingerprint density at radius 3 is 1.87 bits per heavy atom. The summed E-state index contributed by atoms with van der Waals surface area (Å²) in [5.41, 5.74) is -0.967. The van der Waals surface area contributed by atoms with Crippen molar-refractivity contribution in [3.8, 4) is 17.2 Å². The molecule has 0 spiro atoms. The van der Waals surface area contributed by atoms with E-state index in [0.29, 0.717) is 27.9 Å². The number of amides is 2. The van der Waals surface area contributed by atoms with Crippen LogP contribution >= 0.6 is 0 Å². The molecule has 0 saturated heterocycles. The average molecular weight is 712 g/mol. The van der Waals surface area contributed by atoms with Crippen LogP contribution < -0.4 is 5.32 Å². The maximum absolute atomic E-state index is 15.7. The smallest absolute Gasteiger partial charge is 0.311 e. The maximum Gasteiger partial charge on any atom is 0.311 e. The molecular weight excluding hydrogens is 674 g/mol. The SMILES string of the molecule is CN(C(=O)c1ccc(O)c([N+](=O)[O-])c1)[C@@](Cc1cnc[nH]1)(C(=O)NCCc1ccc(O)c(O)c1)C(c1ccccc1)(c1ccccc1)c1ccccc1. The van der Waals surface area contributed by atoms with Crippen LogP contribution in [-0.2, 0) is 23.1 Å². The number of carbonyl (C=O) groups is 2. The van der Waals surface area contributed by atoms with E-state index in [1.807, 2.05) is 91.0 Å². The number of H-pyrrole nitrogens is 1. The van der Waals surface area contributed by atoms with Crippen LogP contribution in [0, 0.1) is 10.1 Å². The number of nitro groups is 1. The van der Waals surface area contributed by atoms with E-state index >= 15 is 4.79 Å². The fourth-order valence-electron chi connectivity index (χ4n) is 7.20. The number of hydrogen-bond donors (Lipinski definition) is 5. The van der Waals surface area contributed by atoms with Crippen molar-refractivity contribution in [3.63, 3.8) is 0 Å². The summed E-state index contributed by atoms with van der Waals surface area (Å²) in [6.07, 6.45) is 3.21. The van der Waals surface area contributed by atoms with Gasteiger partial charge in [0.2, 0.25) is 5.91 Å². The van der Waals surface area contributed by atoms with Gasteiger partial charge in [-0.05, 0) is 52.9 Å². The summed E-state index contributed by atoms with van der Waals surface area (Å²) in [6.45, 7) is 0.0644. The lowest BCUT2D eigenvalue weighted by Gasteiger charge is -2.54. The van der Waals surface area contributed by atoms with Gasteiger partial charge in [0.1, 0.15) is 5.54 Å². The third-order valence-electron chi connectivity index (χ3n) is 9.65. The molecule has 6 rings (SSSR count). The highest BCUT2D eigenvalue weighted by Crippen LogP contribution is 2.52. The van der Waals surface area contributed by atoms with Crippen LogP contribution in [0.1, 0.15) is 38.3 Å². The van der Waals surface area contributed by atoms with Gasteiger partial charge in [0.25, 0.3) is 5.91 Å². The van der Waals surface area contributed by atoms with E-state index in [1.54, 1.807) is 12.3 Å². The normalized spacial score (nSPS) is 12.4. The van der Waals surface area contributed by atoms with Gasteiger partial charge in [-0.2, -0.15) is 0 Å². The third kappa shape index (κ3) is 6.65. The number of phenolic OH excluding ortho intramolecular Hbond substituents is 3. The molecule has 53 heavy (non-hydrogen) atoms. The second-order valence-corrected chi connectivity index (χ2v) is 12.6. The minimum atomic E-state index is -1.90. The molecule has 0 fully saturated rings. The number of nitrogens with one attached hydrogen (secondary N) is 2. The van der Waals surface area contributed by atoms with Gasteiger partial charge in [-0.25, -0.2) is 4.98 Å². The molecule has 6 aromatic rings. The topological polar surface area (TPSA) is 182 Å². The first-order valence-electron chi connectivity index (χ1n) is 16.8. The van der Waals surface area contributed by atoms with Crippen LogP contribution in [0.5, 0.6) is 17.2 Å². The number of rotatable bonds is 13. The number of phenols is 3. The van der Waals surface area contributed by atoms with Crippen molar-refractivity contribution in [2.24, 2.45) is 0 Å². The number of imidazole rings is 1. The highest BCUT2D eigenvalue weighted by molar-refractivity contribution is 6.02. The molecule has 0 unspecified atom stereocenters. The molecule has 12 heteroatoms. The van der Waals surface area contributed by atoms with Crippen LogP contribution in [-0.4, -0.2) is 66.1 Å². The largest absolute Gasteiger partial charge is 0.504 e. The highest BCUT2D eigenvalue weighted by atomic mass is 16.6. The standard InChI is InChI=1S/C41H37N5O7/c1-45(38(50)29-18-20-35(47)34(24-29)46(52)53)40(25-33-26-42-27-44-33,39(51)43-22-21-28-17-19-36(48)37(49)23-28)41(30-11-5-2-6-12-30,31-13-7-3-8-14-31)32-15-9-4-10-16-32/h2-20,23-24,26-27,47-49H,21-22,25H2,1H3,(H,42,44)(H,43,51)/t40-/m0/s1. The van der Waals surface area contributed by atoms with Crippen molar-refractivity contribution in [1.29, 1.82) is 0 Å². The lowest BCUT2D eigenvalue weighted by molar-refractivity contribution is -0.385. The van der Waals surface area contributed by atoms with Crippen LogP contribution in [0.3, 0.4) is 0 Å². The number of benzene rings is 5. The predicted octanol–water partition coefficient (Wildman–Crippen LogP) is 5.88. The van der Waals surface area contributed by atoms with E-state index in [4.69, 9.17) is 0 Å². The van der Waals surface area contributed by atoms with Crippen LogP contribution in [0.2, 0.25) is 0 Å². The van der Waals surface area contributed by atoms with Crippen LogP contribution in [0.4, 0.5) is 5.69 Å². The Balaban J connectivity index is 1.66. The molecule has 1 heterocycles. The number of carbonyl (C=O) groups excluding carboxylic acids is 2. The van der Waals surface area contributed by atoms with Crippen molar-refractivity contribution < 1.29 is 29.8 Å². The monoisotopic (exact) mass is 711 g/mol.